The van der Waals surface area contributed by atoms with E-state index in [0.29, 0.717) is 11.6 Å². The fourth-order valence-corrected chi connectivity index (χ4v) is 4.00. The van der Waals surface area contributed by atoms with Crippen LogP contribution < -0.4 is 5.73 Å². The van der Waals surface area contributed by atoms with Crippen molar-refractivity contribution in [3.63, 3.8) is 0 Å². The lowest BCUT2D eigenvalue weighted by Crippen LogP contribution is -2.00. The largest absolute Gasteiger partial charge is 0.330 e. The fraction of sp³-hybridized carbons (Fsp3) is 0.111. The zero-order chi connectivity index (χ0) is 21.9. The summed E-state index contributed by atoms with van der Waals surface area (Å²) in [6, 6.07) is 22.3. The first-order valence-corrected chi connectivity index (χ1v) is 10.9. The van der Waals surface area contributed by atoms with Gasteiger partial charge >= 0.3 is 0 Å². The lowest BCUT2D eigenvalue weighted by Gasteiger charge is -2.09. The van der Waals surface area contributed by atoms with E-state index in [-0.39, 0.29) is 0 Å². The summed E-state index contributed by atoms with van der Waals surface area (Å²) in [5.41, 5.74) is 12.3. The second-order valence-electron chi connectivity index (χ2n) is 7.63. The molecule has 0 aliphatic rings. The van der Waals surface area contributed by atoms with Crippen molar-refractivity contribution in [2.24, 2.45) is 5.73 Å². The van der Waals surface area contributed by atoms with E-state index in [4.69, 9.17) is 17.3 Å². The molecular formula is C27H21ClN4. The Morgan fingerprint density at radius 2 is 1.72 bits per heavy atom. The average Bonchev–Trinajstić information content (AvgIpc) is 3.27. The first-order valence-electron chi connectivity index (χ1n) is 10.5. The molecule has 3 aromatic carbocycles. The van der Waals surface area contributed by atoms with Crippen LogP contribution in [0.3, 0.4) is 0 Å². The van der Waals surface area contributed by atoms with Crippen LogP contribution in [0.1, 0.15) is 23.1 Å². The highest BCUT2D eigenvalue weighted by Gasteiger charge is 2.12. The van der Waals surface area contributed by atoms with Crippen molar-refractivity contribution < 1.29 is 0 Å². The molecule has 2 aromatic heterocycles. The van der Waals surface area contributed by atoms with Crippen LogP contribution in [-0.4, -0.2) is 21.1 Å². The molecule has 0 fully saturated rings. The molecule has 5 aromatic rings. The minimum absolute atomic E-state index is 0.586. The Morgan fingerprint density at radius 1 is 0.906 bits per heavy atom. The van der Waals surface area contributed by atoms with Crippen LogP contribution in [0.15, 0.2) is 79.3 Å². The smallest absolute Gasteiger partial charge is 0.108 e. The minimum Gasteiger partial charge on any atom is -0.330 e. The van der Waals surface area contributed by atoms with Gasteiger partial charge in [0.25, 0.3) is 0 Å². The molecule has 0 saturated carbocycles. The van der Waals surface area contributed by atoms with Crippen LogP contribution in [0, 0.1) is 11.8 Å². The van der Waals surface area contributed by atoms with E-state index in [0.717, 1.165) is 51.6 Å². The highest BCUT2D eigenvalue weighted by atomic mass is 35.5. The van der Waals surface area contributed by atoms with Crippen molar-refractivity contribution in [3.05, 3.63) is 101 Å². The van der Waals surface area contributed by atoms with Gasteiger partial charge in [-0.3, -0.25) is 9.55 Å². The monoisotopic (exact) mass is 436 g/mol. The second kappa shape index (κ2) is 8.84. The maximum Gasteiger partial charge on any atom is 0.108 e. The van der Waals surface area contributed by atoms with Gasteiger partial charge in [-0.25, -0.2) is 4.98 Å². The highest BCUT2D eigenvalue weighted by Crippen LogP contribution is 2.30. The number of benzene rings is 3. The molecule has 2 heterocycles. The van der Waals surface area contributed by atoms with Crippen LogP contribution in [0.2, 0.25) is 5.02 Å². The molecule has 0 spiro atoms. The Hall–Kier alpha value is -3.65. The summed E-state index contributed by atoms with van der Waals surface area (Å²) in [6.45, 7) is 0.699. The van der Waals surface area contributed by atoms with Crippen LogP contribution in [0.25, 0.3) is 27.6 Å². The van der Waals surface area contributed by atoms with Gasteiger partial charge in [0.1, 0.15) is 11.8 Å². The number of hydrogen-bond acceptors (Lipinski definition) is 3. The van der Waals surface area contributed by atoms with Gasteiger partial charge in [0.15, 0.2) is 0 Å². The maximum atomic E-state index is 6.54. The summed E-state index contributed by atoms with van der Waals surface area (Å²) < 4.78 is 2.09. The minimum atomic E-state index is 0.586. The third-order valence-corrected chi connectivity index (χ3v) is 5.77. The molecule has 32 heavy (non-hydrogen) atoms. The normalized spacial score (nSPS) is 10.9. The zero-order valence-corrected chi connectivity index (χ0v) is 18.2. The van der Waals surface area contributed by atoms with Crippen LogP contribution in [-0.2, 0) is 6.42 Å². The molecule has 5 rings (SSSR count). The van der Waals surface area contributed by atoms with Gasteiger partial charge in [0, 0.05) is 22.2 Å². The Labute approximate surface area is 191 Å². The molecular weight excluding hydrogens is 416 g/mol. The summed E-state index contributed by atoms with van der Waals surface area (Å²) in [5.74, 6) is 6.41. The quantitative estimate of drug-likeness (QED) is 0.377. The summed E-state index contributed by atoms with van der Waals surface area (Å²) >= 11 is 6.54. The number of hydrogen-bond donors (Lipinski definition) is 1. The molecule has 5 heteroatoms. The van der Waals surface area contributed by atoms with Crippen LogP contribution in [0.4, 0.5) is 0 Å². The number of rotatable bonds is 4. The molecule has 0 aliphatic carbocycles. The third-order valence-electron chi connectivity index (χ3n) is 5.46. The second-order valence-corrected chi connectivity index (χ2v) is 8.04. The summed E-state index contributed by atoms with van der Waals surface area (Å²) in [5, 5.41) is 1.55. The number of aryl methyl sites for hydroxylation is 1. The van der Waals surface area contributed by atoms with Crippen molar-refractivity contribution >= 4 is 33.5 Å². The van der Waals surface area contributed by atoms with Crippen molar-refractivity contribution in [2.75, 3.05) is 6.54 Å². The SMILES string of the molecule is NCCCc1ccc(-n2cnc3cnc4cc(Cl)c(C#Cc5ccccc5)cc4c32)cc1. The first kappa shape index (κ1) is 20.3. The van der Waals surface area contributed by atoms with E-state index >= 15 is 0 Å². The molecule has 0 unspecified atom stereocenters. The number of imidazole rings is 1. The van der Waals surface area contributed by atoms with Crippen molar-refractivity contribution in [1.29, 1.82) is 0 Å². The molecule has 4 nitrogen and oxygen atoms in total. The van der Waals surface area contributed by atoms with Gasteiger partial charge in [-0.05, 0) is 61.3 Å². The molecule has 0 aliphatic heterocycles. The Bertz CT molecular complexity index is 1460. The fourth-order valence-electron chi connectivity index (χ4n) is 3.80. The Balaban J connectivity index is 1.62. The van der Waals surface area contributed by atoms with E-state index in [9.17, 15) is 0 Å². The number of nitrogens with two attached hydrogens (primary N) is 1. The summed E-state index contributed by atoms with van der Waals surface area (Å²) in [4.78, 5) is 9.14. The molecule has 156 valence electrons. The van der Waals surface area contributed by atoms with Gasteiger partial charge in [0.2, 0.25) is 0 Å². The van der Waals surface area contributed by atoms with E-state index < -0.39 is 0 Å². The Kier molecular flexibility index (Phi) is 5.60. The zero-order valence-electron chi connectivity index (χ0n) is 17.4. The Morgan fingerprint density at radius 3 is 2.50 bits per heavy atom. The predicted molar refractivity (Wildman–Crippen MR) is 131 cm³/mol. The van der Waals surface area contributed by atoms with Crippen molar-refractivity contribution in [2.45, 2.75) is 12.8 Å². The molecule has 0 bridgehead atoms. The number of aromatic nitrogens is 3. The third kappa shape index (κ3) is 3.97. The number of halogens is 1. The number of pyridine rings is 1. The van der Waals surface area contributed by atoms with Gasteiger partial charge in [0.05, 0.1) is 22.3 Å². The first-order chi connectivity index (χ1) is 15.7. The number of fused-ring (bicyclic) bond motifs is 3. The predicted octanol–water partition coefficient (Wildman–Crippen LogP) is 5.52. The standard InChI is InChI=1S/C27H21ClN4/c28-24-16-25-23(15-21(24)11-8-19-5-2-1-3-6-19)27-26(17-30-25)31-18-32(27)22-12-9-20(10-13-22)7-4-14-29/h1-3,5-6,9-10,12-13,15-18H,4,7,14,29H2. The molecule has 0 radical (unpaired) electrons. The number of nitrogens with zero attached hydrogens (tertiary/aromatic N) is 3. The van der Waals surface area contributed by atoms with Gasteiger partial charge in [-0.1, -0.05) is 53.8 Å². The van der Waals surface area contributed by atoms with Crippen molar-refractivity contribution in [3.8, 4) is 17.5 Å². The molecule has 2 N–H and O–H groups in total. The lowest BCUT2D eigenvalue weighted by atomic mass is 10.1. The van der Waals surface area contributed by atoms with E-state index in [1.165, 1.54) is 5.56 Å². The van der Waals surface area contributed by atoms with Crippen LogP contribution in [0.5, 0.6) is 0 Å². The van der Waals surface area contributed by atoms with E-state index in [2.05, 4.69) is 50.6 Å². The van der Waals surface area contributed by atoms with Gasteiger partial charge < -0.3 is 5.73 Å². The molecule has 0 saturated heterocycles. The maximum absolute atomic E-state index is 6.54. The lowest BCUT2D eigenvalue weighted by molar-refractivity contribution is 0.832. The van der Waals surface area contributed by atoms with Gasteiger partial charge in [-0.15, -0.1) is 0 Å². The average molecular weight is 437 g/mol. The van der Waals surface area contributed by atoms with Crippen LogP contribution >= 0.6 is 11.6 Å². The summed E-state index contributed by atoms with van der Waals surface area (Å²) in [7, 11) is 0. The van der Waals surface area contributed by atoms with Crippen molar-refractivity contribution in [1.82, 2.24) is 14.5 Å². The highest BCUT2D eigenvalue weighted by molar-refractivity contribution is 6.32. The van der Waals surface area contributed by atoms with E-state index in [1.54, 1.807) is 6.20 Å². The molecule has 0 amide bonds. The van der Waals surface area contributed by atoms with Gasteiger partial charge in [-0.2, -0.15) is 0 Å². The topological polar surface area (TPSA) is 56.7 Å². The van der Waals surface area contributed by atoms with E-state index in [1.807, 2.05) is 48.8 Å². The molecule has 0 atom stereocenters. The summed E-state index contributed by atoms with van der Waals surface area (Å²) in [6.07, 6.45) is 5.59.